The van der Waals surface area contributed by atoms with E-state index in [4.69, 9.17) is 15.5 Å². The maximum absolute atomic E-state index is 12.4. The van der Waals surface area contributed by atoms with Crippen LogP contribution in [0.2, 0.25) is 0 Å². The van der Waals surface area contributed by atoms with Gasteiger partial charge in [-0.15, -0.1) is 0 Å². The Hall–Kier alpha value is -0.380. The fourth-order valence-corrected chi connectivity index (χ4v) is 4.26. The Morgan fingerprint density at radius 1 is 0.935 bits per heavy atom. The zero-order chi connectivity index (χ0) is 23.4. The molecule has 5 N–H and O–H groups in total. The minimum absolute atomic E-state index is 0.00852. The molecule has 0 saturated carbocycles. The monoisotopic (exact) mass is 469 g/mol. The van der Waals surface area contributed by atoms with Gasteiger partial charge >= 0.3 is 7.82 Å². The van der Waals surface area contributed by atoms with Crippen LogP contribution in [0.1, 0.15) is 96.8 Å². The highest BCUT2D eigenvalue weighted by atomic mass is 31.2. The first-order chi connectivity index (χ1) is 14.9. The molecule has 0 aliphatic carbocycles. The van der Waals surface area contributed by atoms with E-state index in [1.165, 1.54) is 57.8 Å². The lowest BCUT2D eigenvalue weighted by atomic mass is 10.0. The number of phosphoric acid groups is 1. The van der Waals surface area contributed by atoms with Gasteiger partial charge < -0.3 is 15.7 Å². The van der Waals surface area contributed by atoms with Crippen LogP contribution in [-0.2, 0) is 23.3 Å². The Morgan fingerprint density at radius 2 is 1.42 bits per heavy atom. The van der Waals surface area contributed by atoms with Crippen LogP contribution in [0.5, 0.6) is 0 Å². The quantitative estimate of drug-likeness (QED) is 0.0741. The predicted octanol–water partition coefficient (Wildman–Crippen LogP) is 4.35. The van der Waals surface area contributed by atoms with Crippen LogP contribution >= 0.6 is 7.82 Å². The van der Waals surface area contributed by atoms with Gasteiger partial charge in [0.05, 0.1) is 13.2 Å². The summed E-state index contributed by atoms with van der Waals surface area (Å²) in [4.78, 5) is 26.1. The van der Waals surface area contributed by atoms with Gasteiger partial charge in [0.15, 0.2) is 11.9 Å². The molecule has 0 aliphatic rings. The molecular weight excluding hydrogens is 425 g/mol. The van der Waals surface area contributed by atoms with Crippen LogP contribution in [0.4, 0.5) is 0 Å². The number of unbranched alkanes of at least 4 members (excludes halogenated alkanes) is 12. The van der Waals surface area contributed by atoms with Crippen molar-refractivity contribution in [3.63, 3.8) is 0 Å². The highest BCUT2D eigenvalue weighted by Crippen LogP contribution is 2.45. The first kappa shape index (κ1) is 30.6. The SMILES string of the molecule is CCCCCCCCCCCCCCCC(=O)C(OP(=O)(O)OCCN)[C@H](CO)OO. The molecule has 0 saturated heterocycles. The zero-order valence-corrected chi connectivity index (χ0v) is 20.0. The van der Waals surface area contributed by atoms with Crippen LogP contribution in [0.15, 0.2) is 0 Å². The molecule has 0 aromatic rings. The maximum Gasteiger partial charge on any atom is 0.473 e. The van der Waals surface area contributed by atoms with Gasteiger partial charge in [0.2, 0.25) is 0 Å². The summed E-state index contributed by atoms with van der Waals surface area (Å²) < 4.78 is 21.4. The highest BCUT2D eigenvalue weighted by molar-refractivity contribution is 7.47. The van der Waals surface area contributed by atoms with Crippen LogP contribution < -0.4 is 5.73 Å². The van der Waals surface area contributed by atoms with Gasteiger partial charge in [-0.3, -0.25) is 19.1 Å². The van der Waals surface area contributed by atoms with Gasteiger partial charge in [-0.1, -0.05) is 84.0 Å². The van der Waals surface area contributed by atoms with Crippen LogP contribution in [0.25, 0.3) is 0 Å². The Kier molecular flexibility index (Phi) is 20.0. The summed E-state index contributed by atoms with van der Waals surface area (Å²) in [5, 5.41) is 18.1. The molecule has 0 radical (unpaired) electrons. The molecular formula is C21H44NO8P. The number of rotatable bonds is 23. The second-order valence-electron chi connectivity index (χ2n) is 7.90. The molecule has 3 atom stereocenters. The lowest BCUT2D eigenvalue weighted by Gasteiger charge is -2.24. The van der Waals surface area contributed by atoms with Crippen LogP contribution in [0.3, 0.4) is 0 Å². The smallest absolute Gasteiger partial charge is 0.393 e. The van der Waals surface area contributed by atoms with Crippen molar-refractivity contribution in [1.29, 1.82) is 0 Å². The molecule has 186 valence electrons. The van der Waals surface area contributed by atoms with E-state index in [1.54, 1.807) is 0 Å². The first-order valence-electron chi connectivity index (χ1n) is 11.7. The Labute approximate surface area is 187 Å². The second kappa shape index (κ2) is 20.2. The van der Waals surface area contributed by atoms with Crippen LogP contribution in [-0.4, -0.2) is 53.0 Å². The number of nitrogens with two attached hydrogens (primary N) is 1. The van der Waals surface area contributed by atoms with E-state index in [9.17, 15) is 19.4 Å². The molecule has 9 nitrogen and oxygen atoms in total. The molecule has 0 heterocycles. The number of carbonyl (C=O) groups excluding carboxylic acids is 1. The Morgan fingerprint density at radius 3 is 1.84 bits per heavy atom. The number of Topliss-reactive ketones (excluding diaryl/α,β-unsaturated/α-hetero) is 1. The normalized spacial score (nSPS) is 15.5. The zero-order valence-electron chi connectivity index (χ0n) is 19.1. The number of carbonyl (C=O) groups is 1. The van der Waals surface area contributed by atoms with Gasteiger partial charge in [0, 0.05) is 13.0 Å². The molecule has 0 aromatic carbocycles. The van der Waals surface area contributed by atoms with Crippen molar-refractivity contribution < 1.29 is 38.6 Å². The molecule has 31 heavy (non-hydrogen) atoms. The van der Waals surface area contributed by atoms with Crippen molar-refractivity contribution in [2.75, 3.05) is 19.8 Å². The van der Waals surface area contributed by atoms with Gasteiger partial charge in [-0.2, -0.15) is 0 Å². The van der Waals surface area contributed by atoms with E-state index >= 15 is 0 Å². The number of hydrogen-bond donors (Lipinski definition) is 4. The third-order valence-corrected chi connectivity index (χ3v) is 6.12. The van der Waals surface area contributed by atoms with Crippen molar-refractivity contribution >= 4 is 13.6 Å². The minimum Gasteiger partial charge on any atom is -0.393 e. The Balaban J connectivity index is 4.06. The summed E-state index contributed by atoms with van der Waals surface area (Å²) in [5.74, 6) is -0.540. The molecule has 0 amide bonds. The van der Waals surface area contributed by atoms with E-state index in [-0.39, 0.29) is 19.6 Å². The van der Waals surface area contributed by atoms with Gasteiger partial charge in [-0.25, -0.2) is 9.45 Å². The van der Waals surface area contributed by atoms with Crippen molar-refractivity contribution in [3.05, 3.63) is 0 Å². The van der Waals surface area contributed by atoms with Gasteiger partial charge in [0.25, 0.3) is 0 Å². The summed E-state index contributed by atoms with van der Waals surface area (Å²) in [7, 11) is -4.57. The molecule has 0 rings (SSSR count). The van der Waals surface area contributed by atoms with E-state index in [0.717, 1.165) is 19.3 Å². The fraction of sp³-hybridized carbons (Fsp3) is 0.952. The highest BCUT2D eigenvalue weighted by Gasteiger charge is 2.37. The average Bonchev–Trinajstić information content (AvgIpc) is 2.75. The molecule has 2 unspecified atom stereocenters. The van der Waals surface area contributed by atoms with E-state index in [1.807, 2.05) is 0 Å². The topological polar surface area (TPSA) is 149 Å². The molecule has 0 bridgehead atoms. The summed E-state index contributed by atoms with van der Waals surface area (Å²) in [6.07, 6.45) is 12.2. The number of ketones is 1. The van der Waals surface area contributed by atoms with E-state index in [0.29, 0.717) is 6.42 Å². The third-order valence-electron chi connectivity index (χ3n) is 5.12. The average molecular weight is 470 g/mol. The summed E-state index contributed by atoms with van der Waals surface area (Å²) >= 11 is 0. The molecule has 0 aliphatic heterocycles. The number of aliphatic hydroxyl groups excluding tert-OH is 1. The Bertz CT molecular complexity index is 476. The summed E-state index contributed by atoms with van der Waals surface area (Å²) in [5.41, 5.74) is 5.22. The fourth-order valence-electron chi connectivity index (χ4n) is 3.32. The van der Waals surface area contributed by atoms with E-state index < -0.39 is 32.4 Å². The summed E-state index contributed by atoms with van der Waals surface area (Å²) in [6.45, 7) is 1.22. The van der Waals surface area contributed by atoms with Crippen molar-refractivity contribution in [3.8, 4) is 0 Å². The summed E-state index contributed by atoms with van der Waals surface area (Å²) in [6, 6.07) is 0. The maximum atomic E-state index is 12.4. The molecule has 0 aromatic heterocycles. The first-order valence-corrected chi connectivity index (χ1v) is 13.2. The van der Waals surface area contributed by atoms with Crippen molar-refractivity contribution in [2.45, 2.75) is 109 Å². The minimum atomic E-state index is -4.57. The number of phosphoric ester groups is 1. The number of aliphatic hydroxyl groups is 1. The van der Waals surface area contributed by atoms with Crippen molar-refractivity contribution in [2.24, 2.45) is 5.73 Å². The standard InChI is InChI=1S/C21H44NO8P/c1-2-3-4-5-6-7-8-9-10-11-12-13-14-15-19(24)21(20(18-23)29-25)30-31(26,27)28-17-16-22/h20-21,23,25H,2-18,22H2,1H3,(H,26,27)/t20-,21?/m0/s1. The lowest BCUT2D eigenvalue weighted by Crippen LogP contribution is -2.40. The van der Waals surface area contributed by atoms with Crippen molar-refractivity contribution in [1.82, 2.24) is 0 Å². The van der Waals surface area contributed by atoms with Gasteiger partial charge in [-0.05, 0) is 6.42 Å². The third kappa shape index (κ3) is 16.8. The van der Waals surface area contributed by atoms with E-state index in [2.05, 4.69) is 16.3 Å². The second-order valence-corrected chi connectivity index (χ2v) is 9.31. The molecule has 0 fully saturated rings. The largest absolute Gasteiger partial charge is 0.473 e. The van der Waals surface area contributed by atoms with Gasteiger partial charge in [0.1, 0.15) is 6.10 Å². The molecule has 0 spiro atoms. The lowest BCUT2D eigenvalue weighted by molar-refractivity contribution is -0.298. The number of hydrogen-bond acceptors (Lipinski definition) is 8. The predicted molar refractivity (Wildman–Crippen MR) is 120 cm³/mol. The van der Waals surface area contributed by atoms with Crippen LogP contribution in [0, 0.1) is 0 Å². The molecule has 10 heteroatoms.